The second kappa shape index (κ2) is 7.04. The van der Waals surface area contributed by atoms with Crippen molar-refractivity contribution < 1.29 is 4.79 Å². The average molecular weight is 322 g/mol. The maximum atomic E-state index is 12.2. The highest BCUT2D eigenvalue weighted by Crippen LogP contribution is 2.37. The molecule has 0 aromatic heterocycles. The molecule has 0 spiro atoms. The van der Waals surface area contributed by atoms with Crippen LogP contribution in [0, 0.1) is 18.3 Å². The second-order valence-corrected chi connectivity index (χ2v) is 8.16. The van der Waals surface area contributed by atoms with Gasteiger partial charge in [0.05, 0.1) is 6.42 Å². The van der Waals surface area contributed by atoms with E-state index in [9.17, 15) is 4.79 Å². The van der Waals surface area contributed by atoms with E-state index < -0.39 is 0 Å². The van der Waals surface area contributed by atoms with Crippen molar-refractivity contribution in [2.45, 2.75) is 65.8 Å². The van der Waals surface area contributed by atoms with Gasteiger partial charge in [0.2, 0.25) is 5.91 Å². The van der Waals surface area contributed by atoms with Gasteiger partial charge in [-0.05, 0) is 61.1 Å². The largest absolute Gasteiger partial charge is 0.353 e. The molecule has 0 atom stereocenters. The first-order chi connectivity index (χ1) is 10.3. The summed E-state index contributed by atoms with van der Waals surface area (Å²) in [6, 6.07) is 6.20. The third-order valence-corrected chi connectivity index (χ3v) is 5.23. The predicted molar refractivity (Wildman–Crippen MR) is 93.2 cm³/mol. The molecular weight excluding hydrogens is 294 g/mol. The highest BCUT2D eigenvalue weighted by atomic mass is 35.5. The lowest BCUT2D eigenvalue weighted by atomic mass is 9.71. The number of aryl methyl sites for hydroxylation is 1. The molecule has 1 aromatic rings. The Morgan fingerprint density at radius 2 is 1.86 bits per heavy atom. The third kappa shape index (κ3) is 4.74. The van der Waals surface area contributed by atoms with Crippen LogP contribution >= 0.6 is 11.6 Å². The zero-order valence-electron chi connectivity index (χ0n) is 14.2. The van der Waals surface area contributed by atoms with E-state index in [1.165, 1.54) is 12.8 Å². The van der Waals surface area contributed by atoms with Gasteiger partial charge in [0.1, 0.15) is 0 Å². The molecule has 3 heteroatoms. The van der Waals surface area contributed by atoms with Gasteiger partial charge in [-0.25, -0.2) is 0 Å². The molecule has 0 heterocycles. The quantitative estimate of drug-likeness (QED) is 0.841. The van der Waals surface area contributed by atoms with Gasteiger partial charge in [0.25, 0.3) is 0 Å². The van der Waals surface area contributed by atoms with Gasteiger partial charge in [-0.15, -0.1) is 0 Å². The summed E-state index contributed by atoms with van der Waals surface area (Å²) in [5.41, 5.74) is 2.41. The van der Waals surface area contributed by atoms with E-state index in [4.69, 9.17) is 11.6 Å². The van der Waals surface area contributed by atoms with E-state index in [-0.39, 0.29) is 5.91 Å². The molecule has 122 valence electrons. The Bertz CT molecular complexity index is 525. The van der Waals surface area contributed by atoms with E-state index in [2.05, 4.69) is 26.1 Å². The maximum absolute atomic E-state index is 12.2. The highest BCUT2D eigenvalue weighted by molar-refractivity contribution is 6.31. The third-order valence-electron chi connectivity index (χ3n) is 4.88. The number of hydrogen-bond donors (Lipinski definition) is 1. The second-order valence-electron chi connectivity index (χ2n) is 7.75. The van der Waals surface area contributed by atoms with Crippen LogP contribution in [0.5, 0.6) is 0 Å². The molecule has 0 radical (unpaired) electrons. The molecular formula is C19H28ClNO. The van der Waals surface area contributed by atoms with Crippen LogP contribution in [0.15, 0.2) is 18.2 Å². The SMILES string of the molecule is Cc1ccc(CC(=O)NC2CCC(C(C)(C)C)CC2)c(Cl)c1. The number of amides is 1. The van der Waals surface area contributed by atoms with Crippen molar-refractivity contribution in [2.24, 2.45) is 11.3 Å². The normalized spacial score (nSPS) is 22.4. The predicted octanol–water partition coefficient (Wildman–Crippen LogP) is 4.91. The molecule has 0 saturated heterocycles. The number of nitrogens with one attached hydrogen (secondary N) is 1. The molecule has 0 aliphatic heterocycles. The average Bonchev–Trinajstić information content (AvgIpc) is 2.41. The van der Waals surface area contributed by atoms with Crippen LogP contribution in [0.2, 0.25) is 5.02 Å². The highest BCUT2D eigenvalue weighted by Gasteiger charge is 2.30. The molecule has 0 bridgehead atoms. The van der Waals surface area contributed by atoms with Crippen molar-refractivity contribution in [3.05, 3.63) is 34.3 Å². The number of carbonyl (C=O) groups excluding carboxylic acids is 1. The first-order valence-corrected chi connectivity index (χ1v) is 8.68. The van der Waals surface area contributed by atoms with E-state index >= 15 is 0 Å². The molecule has 1 aliphatic carbocycles. The summed E-state index contributed by atoms with van der Waals surface area (Å²) in [7, 11) is 0. The molecule has 0 unspecified atom stereocenters. The van der Waals surface area contributed by atoms with E-state index in [1.807, 2.05) is 25.1 Å². The van der Waals surface area contributed by atoms with Crippen LogP contribution in [0.4, 0.5) is 0 Å². The van der Waals surface area contributed by atoms with Crippen molar-refractivity contribution in [3.8, 4) is 0 Å². The van der Waals surface area contributed by atoms with E-state index in [0.717, 1.165) is 29.9 Å². The molecule has 1 saturated carbocycles. The minimum Gasteiger partial charge on any atom is -0.353 e. The molecule has 1 aliphatic rings. The van der Waals surface area contributed by atoms with Gasteiger partial charge >= 0.3 is 0 Å². The zero-order valence-corrected chi connectivity index (χ0v) is 15.0. The Morgan fingerprint density at radius 1 is 1.23 bits per heavy atom. The topological polar surface area (TPSA) is 29.1 Å². The fraction of sp³-hybridized carbons (Fsp3) is 0.632. The van der Waals surface area contributed by atoms with E-state index in [0.29, 0.717) is 22.9 Å². The Kier molecular flexibility index (Phi) is 5.55. The van der Waals surface area contributed by atoms with Crippen LogP contribution in [-0.2, 0) is 11.2 Å². The van der Waals surface area contributed by atoms with Gasteiger partial charge in [-0.1, -0.05) is 44.5 Å². The molecule has 2 rings (SSSR count). The number of carbonyl (C=O) groups is 1. The summed E-state index contributed by atoms with van der Waals surface area (Å²) in [6.45, 7) is 8.95. The van der Waals surface area contributed by atoms with Crippen molar-refractivity contribution in [1.29, 1.82) is 0 Å². The minimum absolute atomic E-state index is 0.0879. The van der Waals surface area contributed by atoms with Crippen molar-refractivity contribution in [2.75, 3.05) is 0 Å². The number of hydrogen-bond acceptors (Lipinski definition) is 1. The molecule has 1 N–H and O–H groups in total. The zero-order chi connectivity index (χ0) is 16.3. The summed E-state index contributed by atoms with van der Waals surface area (Å²) < 4.78 is 0. The maximum Gasteiger partial charge on any atom is 0.224 e. The van der Waals surface area contributed by atoms with Crippen LogP contribution < -0.4 is 5.32 Å². The van der Waals surface area contributed by atoms with Gasteiger partial charge in [-0.2, -0.15) is 0 Å². The summed E-state index contributed by atoms with van der Waals surface area (Å²) >= 11 is 6.21. The van der Waals surface area contributed by atoms with Crippen LogP contribution in [-0.4, -0.2) is 11.9 Å². The smallest absolute Gasteiger partial charge is 0.224 e. The number of halogens is 1. The van der Waals surface area contributed by atoms with Crippen molar-refractivity contribution in [1.82, 2.24) is 5.32 Å². The Balaban J connectivity index is 1.83. The molecule has 1 fully saturated rings. The van der Waals surface area contributed by atoms with Gasteiger partial charge < -0.3 is 5.32 Å². The van der Waals surface area contributed by atoms with Gasteiger partial charge in [0.15, 0.2) is 0 Å². The first-order valence-electron chi connectivity index (χ1n) is 8.30. The number of rotatable bonds is 3. The molecule has 22 heavy (non-hydrogen) atoms. The Hall–Kier alpha value is -1.02. The van der Waals surface area contributed by atoms with Crippen molar-refractivity contribution >= 4 is 17.5 Å². The monoisotopic (exact) mass is 321 g/mol. The minimum atomic E-state index is 0.0879. The first kappa shape index (κ1) is 17.3. The summed E-state index contributed by atoms with van der Waals surface area (Å²) in [5.74, 6) is 0.858. The standard InChI is InChI=1S/C19H28ClNO/c1-13-5-6-14(17(20)11-13)12-18(22)21-16-9-7-15(8-10-16)19(2,3)4/h5-6,11,15-16H,7-10,12H2,1-4H3,(H,21,22). The molecule has 1 amide bonds. The summed E-state index contributed by atoms with van der Waals surface area (Å²) in [5, 5.41) is 3.87. The van der Waals surface area contributed by atoms with Gasteiger partial charge in [-0.3, -0.25) is 4.79 Å². The van der Waals surface area contributed by atoms with Crippen LogP contribution in [0.3, 0.4) is 0 Å². The lowest BCUT2D eigenvalue weighted by molar-refractivity contribution is -0.121. The lowest BCUT2D eigenvalue weighted by Crippen LogP contribution is -2.40. The molecule has 1 aromatic carbocycles. The summed E-state index contributed by atoms with van der Waals surface area (Å²) in [4.78, 5) is 12.2. The molecule has 2 nitrogen and oxygen atoms in total. The van der Waals surface area contributed by atoms with Crippen molar-refractivity contribution in [3.63, 3.8) is 0 Å². The van der Waals surface area contributed by atoms with Crippen LogP contribution in [0.1, 0.15) is 57.6 Å². The fourth-order valence-corrected chi connectivity index (χ4v) is 3.65. The van der Waals surface area contributed by atoms with E-state index in [1.54, 1.807) is 0 Å². The Labute approximate surface area is 139 Å². The fourth-order valence-electron chi connectivity index (χ4n) is 3.35. The summed E-state index contributed by atoms with van der Waals surface area (Å²) in [6.07, 6.45) is 4.97. The number of benzene rings is 1. The van der Waals surface area contributed by atoms with Gasteiger partial charge in [0, 0.05) is 11.1 Å². The lowest BCUT2D eigenvalue weighted by Gasteiger charge is -2.37. The Morgan fingerprint density at radius 3 is 2.41 bits per heavy atom. The van der Waals surface area contributed by atoms with Crippen LogP contribution in [0.25, 0.3) is 0 Å².